The number of pyridine rings is 1. The highest BCUT2D eigenvalue weighted by molar-refractivity contribution is 5.51. The van der Waals surface area contributed by atoms with Gasteiger partial charge in [0.15, 0.2) is 0 Å². The van der Waals surface area contributed by atoms with Gasteiger partial charge in [0, 0.05) is 12.7 Å². The van der Waals surface area contributed by atoms with E-state index in [2.05, 4.69) is 17.2 Å². The molecule has 0 spiro atoms. The summed E-state index contributed by atoms with van der Waals surface area (Å²) in [5.74, 6) is 1.70. The number of rotatable bonds is 4. The summed E-state index contributed by atoms with van der Waals surface area (Å²) < 4.78 is 0. The minimum Gasteiger partial charge on any atom is -0.397 e. The van der Waals surface area contributed by atoms with Gasteiger partial charge in [-0.2, -0.15) is 0 Å². The quantitative estimate of drug-likeness (QED) is 0.766. The van der Waals surface area contributed by atoms with Gasteiger partial charge in [0.05, 0.1) is 17.6 Å². The first-order valence-corrected chi connectivity index (χ1v) is 5.20. The molecular weight excluding hydrogens is 174 g/mol. The smallest absolute Gasteiger partial charge is 0.0547 e. The van der Waals surface area contributed by atoms with Crippen LogP contribution in [0.3, 0.4) is 0 Å². The predicted octanol–water partition coefficient (Wildman–Crippen LogP) is 2.12. The SMILES string of the molecule is CC(CNc1cncc(N)c1)C1CC1. The van der Waals surface area contributed by atoms with Crippen molar-refractivity contribution >= 4 is 11.4 Å². The van der Waals surface area contributed by atoms with E-state index in [9.17, 15) is 0 Å². The van der Waals surface area contributed by atoms with Crippen LogP contribution in [-0.4, -0.2) is 11.5 Å². The van der Waals surface area contributed by atoms with Gasteiger partial charge in [0.1, 0.15) is 0 Å². The first-order valence-electron chi connectivity index (χ1n) is 5.20. The molecular formula is C11H17N3. The molecule has 0 amide bonds. The summed E-state index contributed by atoms with van der Waals surface area (Å²) in [4.78, 5) is 4.04. The van der Waals surface area contributed by atoms with Crippen molar-refractivity contribution < 1.29 is 0 Å². The Bertz CT molecular complexity index is 307. The molecule has 1 fully saturated rings. The molecule has 3 heteroatoms. The first kappa shape index (κ1) is 9.31. The van der Waals surface area contributed by atoms with Gasteiger partial charge in [0.2, 0.25) is 0 Å². The number of nitrogens with two attached hydrogens (primary N) is 1. The van der Waals surface area contributed by atoms with Gasteiger partial charge in [-0.05, 0) is 30.7 Å². The topological polar surface area (TPSA) is 50.9 Å². The summed E-state index contributed by atoms with van der Waals surface area (Å²) in [6.07, 6.45) is 6.28. The average molecular weight is 191 g/mol. The predicted molar refractivity (Wildman–Crippen MR) is 59.0 cm³/mol. The summed E-state index contributed by atoms with van der Waals surface area (Å²) in [5.41, 5.74) is 7.38. The second-order valence-corrected chi connectivity index (χ2v) is 4.20. The highest BCUT2D eigenvalue weighted by atomic mass is 14.9. The van der Waals surface area contributed by atoms with E-state index in [0.29, 0.717) is 5.69 Å². The zero-order valence-corrected chi connectivity index (χ0v) is 8.53. The van der Waals surface area contributed by atoms with Crippen LogP contribution in [0.4, 0.5) is 11.4 Å². The highest BCUT2D eigenvalue weighted by Gasteiger charge is 2.27. The van der Waals surface area contributed by atoms with Crippen LogP contribution in [0, 0.1) is 11.8 Å². The normalized spacial score (nSPS) is 17.8. The second kappa shape index (κ2) is 3.86. The molecule has 1 aromatic heterocycles. The monoisotopic (exact) mass is 191 g/mol. The lowest BCUT2D eigenvalue weighted by Gasteiger charge is -2.12. The summed E-state index contributed by atoms with van der Waals surface area (Å²) in [6.45, 7) is 3.32. The van der Waals surface area contributed by atoms with Crippen molar-refractivity contribution in [2.75, 3.05) is 17.6 Å². The number of nitrogens with one attached hydrogen (secondary N) is 1. The average Bonchev–Trinajstić information content (AvgIpc) is 2.97. The molecule has 0 radical (unpaired) electrons. The molecule has 1 heterocycles. The molecule has 0 bridgehead atoms. The Morgan fingerprint density at radius 1 is 1.57 bits per heavy atom. The lowest BCUT2D eigenvalue weighted by molar-refractivity contribution is 0.536. The highest BCUT2D eigenvalue weighted by Crippen LogP contribution is 2.36. The van der Waals surface area contributed by atoms with Gasteiger partial charge in [-0.25, -0.2) is 0 Å². The lowest BCUT2D eigenvalue weighted by atomic mass is 10.1. The van der Waals surface area contributed by atoms with E-state index in [0.717, 1.165) is 24.1 Å². The van der Waals surface area contributed by atoms with E-state index in [1.807, 2.05) is 12.3 Å². The van der Waals surface area contributed by atoms with Crippen LogP contribution < -0.4 is 11.1 Å². The van der Waals surface area contributed by atoms with Gasteiger partial charge < -0.3 is 11.1 Å². The molecule has 0 saturated heterocycles. The Morgan fingerprint density at radius 3 is 3.00 bits per heavy atom. The molecule has 2 rings (SSSR count). The maximum absolute atomic E-state index is 5.63. The van der Waals surface area contributed by atoms with Gasteiger partial charge in [-0.15, -0.1) is 0 Å². The van der Waals surface area contributed by atoms with Gasteiger partial charge in [-0.1, -0.05) is 6.92 Å². The zero-order chi connectivity index (χ0) is 9.97. The van der Waals surface area contributed by atoms with Crippen molar-refractivity contribution in [1.82, 2.24) is 4.98 Å². The Labute approximate surface area is 84.7 Å². The van der Waals surface area contributed by atoms with Crippen molar-refractivity contribution in [3.05, 3.63) is 18.5 Å². The molecule has 1 aliphatic rings. The van der Waals surface area contributed by atoms with Crippen molar-refractivity contribution in [3.8, 4) is 0 Å². The van der Waals surface area contributed by atoms with Crippen LogP contribution in [0.15, 0.2) is 18.5 Å². The standard InChI is InChI=1S/C11H17N3/c1-8(9-2-3-9)5-14-11-4-10(12)6-13-7-11/h4,6-9,14H,2-3,5,12H2,1H3. The number of nitrogen functional groups attached to an aromatic ring is 1. The van der Waals surface area contributed by atoms with E-state index >= 15 is 0 Å². The number of anilines is 2. The van der Waals surface area contributed by atoms with Gasteiger partial charge in [-0.3, -0.25) is 4.98 Å². The molecule has 1 atom stereocenters. The van der Waals surface area contributed by atoms with Crippen molar-refractivity contribution in [2.24, 2.45) is 11.8 Å². The third-order valence-electron chi connectivity index (χ3n) is 2.81. The molecule has 1 saturated carbocycles. The third-order valence-corrected chi connectivity index (χ3v) is 2.81. The minimum atomic E-state index is 0.717. The number of aromatic nitrogens is 1. The number of hydrogen-bond donors (Lipinski definition) is 2. The lowest BCUT2D eigenvalue weighted by Crippen LogP contribution is -2.13. The maximum Gasteiger partial charge on any atom is 0.0547 e. The molecule has 0 aromatic carbocycles. The molecule has 14 heavy (non-hydrogen) atoms. The summed E-state index contributed by atoms with van der Waals surface area (Å²) in [7, 11) is 0. The number of nitrogens with zero attached hydrogens (tertiary/aromatic N) is 1. The molecule has 76 valence electrons. The van der Waals surface area contributed by atoms with Crippen LogP contribution in [0.1, 0.15) is 19.8 Å². The fourth-order valence-electron chi connectivity index (χ4n) is 1.67. The minimum absolute atomic E-state index is 0.717. The zero-order valence-electron chi connectivity index (χ0n) is 8.53. The van der Waals surface area contributed by atoms with Gasteiger partial charge >= 0.3 is 0 Å². The molecule has 1 unspecified atom stereocenters. The number of hydrogen-bond acceptors (Lipinski definition) is 3. The van der Waals surface area contributed by atoms with Crippen LogP contribution in [0.2, 0.25) is 0 Å². The van der Waals surface area contributed by atoms with E-state index < -0.39 is 0 Å². The van der Waals surface area contributed by atoms with Crippen LogP contribution >= 0.6 is 0 Å². The molecule has 3 nitrogen and oxygen atoms in total. The fraction of sp³-hybridized carbons (Fsp3) is 0.545. The second-order valence-electron chi connectivity index (χ2n) is 4.20. The molecule has 1 aliphatic carbocycles. The molecule has 3 N–H and O–H groups in total. The Balaban J connectivity index is 1.84. The van der Waals surface area contributed by atoms with E-state index in [1.165, 1.54) is 12.8 Å². The Hall–Kier alpha value is -1.25. The maximum atomic E-state index is 5.63. The fourth-order valence-corrected chi connectivity index (χ4v) is 1.67. The summed E-state index contributed by atoms with van der Waals surface area (Å²) in [6, 6.07) is 1.92. The first-order chi connectivity index (χ1) is 6.75. The van der Waals surface area contributed by atoms with Gasteiger partial charge in [0.25, 0.3) is 0 Å². The van der Waals surface area contributed by atoms with Crippen molar-refractivity contribution in [2.45, 2.75) is 19.8 Å². The van der Waals surface area contributed by atoms with E-state index in [1.54, 1.807) is 6.20 Å². The molecule has 1 aromatic rings. The van der Waals surface area contributed by atoms with Crippen molar-refractivity contribution in [3.63, 3.8) is 0 Å². The van der Waals surface area contributed by atoms with Crippen LogP contribution in [0.25, 0.3) is 0 Å². The van der Waals surface area contributed by atoms with E-state index in [-0.39, 0.29) is 0 Å². The van der Waals surface area contributed by atoms with Crippen molar-refractivity contribution in [1.29, 1.82) is 0 Å². The van der Waals surface area contributed by atoms with Crippen LogP contribution in [-0.2, 0) is 0 Å². The molecule has 0 aliphatic heterocycles. The summed E-state index contributed by atoms with van der Waals surface area (Å²) >= 11 is 0. The Morgan fingerprint density at radius 2 is 2.36 bits per heavy atom. The Kier molecular flexibility index (Phi) is 2.57. The third kappa shape index (κ3) is 2.37. The van der Waals surface area contributed by atoms with Crippen LogP contribution in [0.5, 0.6) is 0 Å². The van der Waals surface area contributed by atoms with E-state index in [4.69, 9.17) is 5.73 Å². The largest absolute Gasteiger partial charge is 0.397 e. The summed E-state index contributed by atoms with van der Waals surface area (Å²) in [5, 5.41) is 3.36.